The third-order valence-electron chi connectivity index (χ3n) is 3.10. The van der Waals surface area contributed by atoms with Crippen molar-refractivity contribution < 1.29 is 18.3 Å². The van der Waals surface area contributed by atoms with Crippen molar-refractivity contribution in [1.29, 1.82) is 0 Å². The number of aromatic nitrogens is 2. The van der Waals surface area contributed by atoms with Gasteiger partial charge in [0.25, 0.3) is 0 Å². The summed E-state index contributed by atoms with van der Waals surface area (Å²) in [5, 5.41) is 12.8. The quantitative estimate of drug-likeness (QED) is 0.820. The van der Waals surface area contributed by atoms with Gasteiger partial charge in [0.05, 0.1) is 32.1 Å². The predicted molar refractivity (Wildman–Crippen MR) is 68.1 cm³/mol. The lowest BCUT2D eigenvalue weighted by molar-refractivity contribution is -0.0170. The Bertz CT molecular complexity index is 528. The van der Waals surface area contributed by atoms with Gasteiger partial charge in [-0.15, -0.1) is 0 Å². The summed E-state index contributed by atoms with van der Waals surface area (Å²) in [6.07, 6.45) is 2.65. The van der Waals surface area contributed by atoms with Gasteiger partial charge in [0.15, 0.2) is 0 Å². The summed E-state index contributed by atoms with van der Waals surface area (Å²) in [5.41, 5.74) is 0. The van der Waals surface area contributed by atoms with Gasteiger partial charge in [-0.1, -0.05) is 0 Å². The third kappa shape index (κ3) is 2.97. The molecule has 1 aliphatic heterocycles. The summed E-state index contributed by atoms with van der Waals surface area (Å²) >= 11 is 0. The van der Waals surface area contributed by atoms with Crippen molar-refractivity contribution in [3.63, 3.8) is 0 Å². The van der Waals surface area contributed by atoms with Gasteiger partial charge >= 0.3 is 0 Å². The molecule has 1 aromatic rings. The van der Waals surface area contributed by atoms with Crippen molar-refractivity contribution in [2.45, 2.75) is 37.4 Å². The molecule has 1 N–H and O–H groups in total. The van der Waals surface area contributed by atoms with Crippen molar-refractivity contribution in [3.05, 3.63) is 12.4 Å². The second-order valence-electron chi connectivity index (χ2n) is 4.73. The maximum absolute atomic E-state index is 12.5. The van der Waals surface area contributed by atoms with Crippen LogP contribution < -0.4 is 0 Å². The molecule has 1 fully saturated rings. The van der Waals surface area contributed by atoms with E-state index in [1.807, 2.05) is 13.8 Å². The Morgan fingerprint density at radius 1 is 1.53 bits per heavy atom. The van der Waals surface area contributed by atoms with Crippen LogP contribution in [0.5, 0.6) is 0 Å². The molecule has 0 saturated carbocycles. The first-order valence-electron chi connectivity index (χ1n) is 6.22. The standard InChI is InChI=1S/C11H19N3O4S/c1-9-8-18-10(2)6-14(9)19(16,17)11-5-12-13(7-11)3-4-15/h5,7,9-10,15H,3-4,6,8H2,1-2H3. The van der Waals surface area contributed by atoms with Crippen molar-refractivity contribution in [1.82, 2.24) is 14.1 Å². The van der Waals surface area contributed by atoms with E-state index < -0.39 is 10.0 Å². The van der Waals surface area contributed by atoms with Crippen LogP contribution in [0.2, 0.25) is 0 Å². The first kappa shape index (κ1) is 14.4. The normalized spacial score (nSPS) is 25.6. The van der Waals surface area contributed by atoms with Crippen molar-refractivity contribution in [2.75, 3.05) is 19.8 Å². The molecule has 1 aromatic heterocycles. The van der Waals surface area contributed by atoms with E-state index in [0.29, 0.717) is 13.2 Å². The fraction of sp³-hybridized carbons (Fsp3) is 0.727. The number of nitrogens with zero attached hydrogens (tertiary/aromatic N) is 3. The molecule has 108 valence electrons. The first-order chi connectivity index (χ1) is 8.95. The van der Waals surface area contributed by atoms with Crippen molar-refractivity contribution >= 4 is 10.0 Å². The first-order valence-corrected chi connectivity index (χ1v) is 7.66. The van der Waals surface area contributed by atoms with Crippen LogP contribution in [0, 0.1) is 0 Å². The second kappa shape index (κ2) is 5.58. The van der Waals surface area contributed by atoms with Crippen LogP contribution in [0.25, 0.3) is 0 Å². The van der Waals surface area contributed by atoms with E-state index in [9.17, 15) is 8.42 Å². The van der Waals surface area contributed by atoms with Gasteiger partial charge in [-0.25, -0.2) is 8.42 Å². The molecule has 0 radical (unpaired) electrons. The Morgan fingerprint density at radius 3 is 2.95 bits per heavy atom. The smallest absolute Gasteiger partial charge is 0.246 e. The molecule has 8 heteroatoms. The molecule has 2 heterocycles. The van der Waals surface area contributed by atoms with E-state index in [-0.39, 0.29) is 30.2 Å². The number of rotatable bonds is 4. The zero-order chi connectivity index (χ0) is 14.0. The molecule has 0 spiro atoms. The van der Waals surface area contributed by atoms with Crippen LogP contribution in [0.4, 0.5) is 0 Å². The Kier molecular flexibility index (Phi) is 4.24. The predicted octanol–water partition coefficient (Wildman–Crippen LogP) is -0.327. The lowest BCUT2D eigenvalue weighted by Crippen LogP contribution is -2.49. The van der Waals surface area contributed by atoms with Crippen LogP contribution in [-0.4, -0.2) is 59.5 Å². The van der Waals surface area contributed by atoms with E-state index >= 15 is 0 Å². The lowest BCUT2D eigenvalue weighted by Gasteiger charge is -2.35. The summed E-state index contributed by atoms with van der Waals surface area (Å²) < 4.78 is 33.3. The second-order valence-corrected chi connectivity index (χ2v) is 6.62. The van der Waals surface area contributed by atoms with E-state index in [4.69, 9.17) is 9.84 Å². The Hall–Kier alpha value is -0.960. The summed E-state index contributed by atoms with van der Waals surface area (Å²) in [5.74, 6) is 0. The van der Waals surface area contributed by atoms with Crippen LogP contribution in [0.1, 0.15) is 13.8 Å². The number of hydrogen-bond donors (Lipinski definition) is 1. The lowest BCUT2D eigenvalue weighted by atomic mass is 10.2. The minimum absolute atomic E-state index is 0.0772. The zero-order valence-electron chi connectivity index (χ0n) is 11.1. The van der Waals surface area contributed by atoms with Crippen LogP contribution in [0.3, 0.4) is 0 Å². The fourth-order valence-corrected chi connectivity index (χ4v) is 3.69. The minimum atomic E-state index is -3.55. The van der Waals surface area contributed by atoms with Gasteiger partial charge in [0, 0.05) is 18.8 Å². The monoisotopic (exact) mass is 289 g/mol. The summed E-state index contributed by atoms with van der Waals surface area (Å²) in [7, 11) is -3.55. The highest BCUT2D eigenvalue weighted by Gasteiger charge is 2.34. The molecule has 7 nitrogen and oxygen atoms in total. The third-order valence-corrected chi connectivity index (χ3v) is 5.03. The average molecular weight is 289 g/mol. The molecule has 0 aliphatic carbocycles. The molecule has 1 aliphatic rings. The highest BCUT2D eigenvalue weighted by Crippen LogP contribution is 2.21. The molecule has 0 amide bonds. The van der Waals surface area contributed by atoms with Gasteiger partial charge in [0.1, 0.15) is 4.90 Å². The largest absolute Gasteiger partial charge is 0.394 e. The van der Waals surface area contributed by atoms with Gasteiger partial charge in [-0.3, -0.25) is 4.68 Å². The number of ether oxygens (including phenoxy) is 1. The van der Waals surface area contributed by atoms with Crippen LogP contribution in [0.15, 0.2) is 17.3 Å². The number of aliphatic hydroxyl groups excluding tert-OH is 1. The molecule has 2 atom stereocenters. The summed E-state index contributed by atoms with van der Waals surface area (Å²) in [6.45, 7) is 4.61. The average Bonchev–Trinajstić information content (AvgIpc) is 2.82. The molecule has 19 heavy (non-hydrogen) atoms. The molecule has 2 unspecified atom stereocenters. The number of hydrogen-bond acceptors (Lipinski definition) is 5. The maximum atomic E-state index is 12.5. The van der Waals surface area contributed by atoms with Gasteiger partial charge in [-0.05, 0) is 13.8 Å². The fourth-order valence-electron chi connectivity index (χ4n) is 2.05. The molecular formula is C11H19N3O4S. The molecule has 2 rings (SSSR count). The highest BCUT2D eigenvalue weighted by atomic mass is 32.2. The highest BCUT2D eigenvalue weighted by molar-refractivity contribution is 7.89. The number of aliphatic hydroxyl groups is 1. The summed E-state index contributed by atoms with van der Waals surface area (Å²) in [4.78, 5) is 0.155. The van der Waals surface area contributed by atoms with E-state index in [1.54, 1.807) is 0 Å². The molecule has 0 aromatic carbocycles. The van der Waals surface area contributed by atoms with Gasteiger partial charge in [0.2, 0.25) is 10.0 Å². The maximum Gasteiger partial charge on any atom is 0.246 e. The molecule has 1 saturated heterocycles. The van der Waals surface area contributed by atoms with Crippen LogP contribution >= 0.6 is 0 Å². The Morgan fingerprint density at radius 2 is 2.26 bits per heavy atom. The number of morpholine rings is 1. The van der Waals surface area contributed by atoms with E-state index in [2.05, 4.69) is 5.10 Å². The number of sulfonamides is 1. The topological polar surface area (TPSA) is 84.7 Å². The van der Waals surface area contributed by atoms with Crippen LogP contribution in [-0.2, 0) is 21.3 Å². The van der Waals surface area contributed by atoms with Crippen molar-refractivity contribution in [2.24, 2.45) is 0 Å². The molecule has 0 bridgehead atoms. The van der Waals surface area contributed by atoms with Gasteiger partial charge < -0.3 is 9.84 Å². The minimum Gasteiger partial charge on any atom is -0.394 e. The molecular weight excluding hydrogens is 270 g/mol. The Labute approximate surface area is 112 Å². The SMILES string of the molecule is CC1CN(S(=O)(=O)c2cnn(CCO)c2)C(C)CO1. The summed E-state index contributed by atoms with van der Waals surface area (Å²) in [6, 6.07) is -0.192. The van der Waals surface area contributed by atoms with Crippen molar-refractivity contribution in [3.8, 4) is 0 Å². The van der Waals surface area contributed by atoms with E-state index in [1.165, 1.54) is 21.4 Å². The van der Waals surface area contributed by atoms with E-state index in [0.717, 1.165) is 0 Å². The Balaban J connectivity index is 2.24. The van der Waals surface area contributed by atoms with Gasteiger partial charge in [-0.2, -0.15) is 9.40 Å². The zero-order valence-corrected chi connectivity index (χ0v) is 11.9.